The molecular formula is C12H17N3O7. The average molecular weight is 315 g/mol. The highest BCUT2D eigenvalue weighted by Crippen LogP contribution is 2.29. The lowest BCUT2D eigenvalue weighted by Crippen LogP contribution is -2.59. The minimum absolute atomic E-state index is 0.624. The van der Waals surface area contributed by atoms with E-state index in [9.17, 15) is 14.4 Å². The number of ether oxygens (including phenoxy) is 4. The number of nitrogens with zero attached hydrogens (tertiary/aromatic N) is 3. The highest BCUT2D eigenvalue weighted by molar-refractivity contribution is 5.68. The molecule has 0 aliphatic carbocycles. The van der Waals surface area contributed by atoms with Gasteiger partial charge in [0.1, 0.15) is 0 Å². The molecule has 0 N–H and O–H groups in total. The molecule has 0 radical (unpaired) electrons. The van der Waals surface area contributed by atoms with Crippen LogP contribution in [0.4, 0.5) is 0 Å². The van der Waals surface area contributed by atoms with Crippen LogP contribution >= 0.6 is 0 Å². The maximum atomic E-state index is 11.3. The van der Waals surface area contributed by atoms with Crippen molar-refractivity contribution in [2.24, 2.45) is 5.11 Å². The second kappa shape index (κ2) is 7.62. The fourth-order valence-electron chi connectivity index (χ4n) is 2.13. The van der Waals surface area contributed by atoms with E-state index in [-0.39, 0.29) is 0 Å². The number of azide groups is 1. The molecule has 22 heavy (non-hydrogen) atoms. The molecule has 1 aliphatic rings. The Kier molecular flexibility index (Phi) is 6.14. The van der Waals surface area contributed by atoms with Crippen molar-refractivity contribution < 1.29 is 33.3 Å². The minimum atomic E-state index is -1.22. The van der Waals surface area contributed by atoms with Crippen LogP contribution in [0, 0.1) is 0 Å². The van der Waals surface area contributed by atoms with Crippen molar-refractivity contribution in [2.75, 3.05) is 0 Å². The molecule has 10 nitrogen and oxygen atoms in total. The Balaban J connectivity index is 3.18. The van der Waals surface area contributed by atoms with E-state index in [1.165, 1.54) is 6.92 Å². The second-order valence-electron chi connectivity index (χ2n) is 4.66. The molecular weight excluding hydrogens is 298 g/mol. The van der Waals surface area contributed by atoms with Gasteiger partial charge in [-0.3, -0.25) is 14.4 Å². The van der Waals surface area contributed by atoms with Crippen LogP contribution in [0.15, 0.2) is 5.11 Å². The Morgan fingerprint density at radius 2 is 1.41 bits per heavy atom. The molecule has 0 aromatic carbocycles. The molecule has 1 rings (SSSR count). The van der Waals surface area contributed by atoms with Crippen molar-refractivity contribution in [1.29, 1.82) is 0 Å². The molecule has 1 fully saturated rings. The van der Waals surface area contributed by atoms with Gasteiger partial charge in [0.25, 0.3) is 0 Å². The highest BCUT2D eigenvalue weighted by Gasteiger charge is 2.49. The maximum absolute atomic E-state index is 11.3. The van der Waals surface area contributed by atoms with Gasteiger partial charge in [0, 0.05) is 25.7 Å². The summed E-state index contributed by atoms with van der Waals surface area (Å²) in [5.74, 6) is -1.99. The topological polar surface area (TPSA) is 137 Å². The predicted octanol–water partition coefficient (Wildman–Crippen LogP) is 0.837. The highest BCUT2D eigenvalue weighted by atomic mass is 16.6. The standard InChI is InChI=1S/C12H17N3O7/c1-5-9(20-6(2)16)10(21-7(3)17)11(22-8(4)18)12(19-5)14-15-13/h5,9-12H,1-4H3/t5-,9-,10+,11+,12+/m0/s1. The van der Waals surface area contributed by atoms with Crippen molar-refractivity contribution in [2.45, 2.75) is 58.3 Å². The van der Waals surface area contributed by atoms with Gasteiger partial charge in [0.2, 0.25) is 0 Å². The zero-order valence-electron chi connectivity index (χ0n) is 12.6. The third kappa shape index (κ3) is 4.61. The van der Waals surface area contributed by atoms with E-state index in [4.69, 9.17) is 24.5 Å². The van der Waals surface area contributed by atoms with E-state index in [0.29, 0.717) is 0 Å². The van der Waals surface area contributed by atoms with Gasteiger partial charge in [0.15, 0.2) is 24.5 Å². The van der Waals surface area contributed by atoms with Crippen LogP contribution in [-0.4, -0.2) is 48.6 Å². The number of carbonyl (C=O) groups excluding carboxylic acids is 3. The van der Waals surface area contributed by atoms with Gasteiger partial charge in [-0.25, -0.2) is 0 Å². The summed E-state index contributed by atoms with van der Waals surface area (Å²) in [5.41, 5.74) is 8.58. The molecule has 0 bridgehead atoms. The molecule has 1 heterocycles. The number of hydrogen-bond donors (Lipinski definition) is 0. The monoisotopic (exact) mass is 315 g/mol. The summed E-state index contributed by atoms with van der Waals surface area (Å²) in [7, 11) is 0. The number of rotatable bonds is 4. The molecule has 0 aromatic heterocycles. The third-order valence-electron chi connectivity index (χ3n) is 2.82. The van der Waals surface area contributed by atoms with Crippen molar-refractivity contribution in [3.8, 4) is 0 Å². The first-order valence-electron chi connectivity index (χ1n) is 6.47. The Labute approximate surface area is 126 Å². The average Bonchev–Trinajstić information content (AvgIpc) is 2.37. The van der Waals surface area contributed by atoms with Gasteiger partial charge in [-0.1, -0.05) is 5.11 Å². The molecule has 0 saturated carbocycles. The molecule has 0 aromatic rings. The summed E-state index contributed by atoms with van der Waals surface area (Å²) < 4.78 is 20.6. The molecule has 5 atom stereocenters. The second-order valence-corrected chi connectivity index (χ2v) is 4.66. The van der Waals surface area contributed by atoms with Crippen LogP contribution in [0.2, 0.25) is 0 Å². The molecule has 0 amide bonds. The molecule has 1 saturated heterocycles. The van der Waals surface area contributed by atoms with Gasteiger partial charge < -0.3 is 18.9 Å². The lowest BCUT2D eigenvalue weighted by Gasteiger charge is -2.42. The quantitative estimate of drug-likeness (QED) is 0.246. The molecule has 10 heteroatoms. The van der Waals surface area contributed by atoms with Crippen LogP contribution in [0.25, 0.3) is 10.4 Å². The summed E-state index contributed by atoms with van der Waals surface area (Å²) in [6.07, 6.45) is -5.33. The first kappa shape index (κ1) is 17.7. The zero-order valence-corrected chi connectivity index (χ0v) is 12.6. The van der Waals surface area contributed by atoms with E-state index in [0.717, 1.165) is 13.8 Å². The smallest absolute Gasteiger partial charge is 0.303 e. The first-order chi connectivity index (χ1) is 10.3. The largest absolute Gasteiger partial charge is 0.456 e. The van der Waals surface area contributed by atoms with Crippen LogP contribution in [0.1, 0.15) is 27.7 Å². The first-order valence-corrected chi connectivity index (χ1v) is 6.47. The van der Waals surface area contributed by atoms with Crippen LogP contribution in [0.5, 0.6) is 0 Å². The predicted molar refractivity (Wildman–Crippen MR) is 70.1 cm³/mol. The van der Waals surface area contributed by atoms with Gasteiger partial charge in [-0.15, -0.1) is 0 Å². The number of carbonyl (C=O) groups is 3. The SMILES string of the molecule is CC(=O)O[C@@H]1[C@@H](OC(C)=O)[C@H](C)O[C@@H](N=[N+]=[N-])[C@@H]1OC(C)=O. The third-order valence-corrected chi connectivity index (χ3v) is 2.82. The van der Waals surface area contributed by atoms with E-state index in [1.807, 2.05) is 0 Å². The Morgan fingerprint density at radius 1 is 0.955 bits per heavy atom. The van der Waals surface area contributed by atoms with Crippen LogP contribution < -0.4 is 0 Å². The normalized spacial score (nSPS) is 30.6. The zero-order chi connectivity index (χ0) is 16.9. The van der Waals surface area contributed by atoms with Crippen molar-refractivity contribution in [3.63, 3.8) is 0 Å². The molecule has 0 spiro atoms. The van der Waals surface area contributed by atoms with Crippen molar-refractivity contribution in [1.82, 2.24) is 0 Å². The van der Waals surface area contributed by atoms with Crippen LogP contribution in [-0.2, 0) is 33.3 Å². The summed E-state index contributed by atoms with van der Waals surface area (Å²) in [4.78, 5) is 36.4. The minimum Gasteiger partial charge on any atom is -0.456 e. The maximum Gasteiger partial charge on any atom is 0.303 e. The summed E-state index contributed by atoms with van der Waals surface area (Å²) in [6.45, 7) is 5.01. The van der Waals surface area contributed by atoms with Crippen molar-refractivity contribution in [3.05, 3.63) is 10.4 Å². The fourth-order valence-corrected chi connectivity index (χ4v) is 2.13. The summed E-state index contributed by atoms with van der Waals surface area (Å²) in [5, 5.41) is 3.39. The molecule has 0 unspecified atom stereocenters. The van der Waals surface area contributed by atoms with Crippen molar-refractivity contribution >= 4 is 17.9 Å². The van der Waals surface area contributed by atoms with E-state index < -0.39 is 48.6 Å². The van der Waals surface area contributed by atoms with Gasteiger partial charge in [-0.2, -0.15) is 0 Å². The Bertz CT molecular complexity index is 503. The lowest BCUT2D eigenvalue weighted by atomic mass is 9.98. The summed E-state index contributed by atoms with van der Waals surface area (Å²) >= 11 is 0. The number of hydrogen-bond acceptors (Lipinski definition) is 8. The fraction of sp³-hybridized carbons (Fsp3) is 0.750. The summed E-state index contributed by atoms with van der Waals surface area (Å²) in [6, 6.07) is 0. The van der Waals surface area contributed by atoms with E-state index in [1.54, 1.807) is 6.92 Å². The van der Waals surface area contributed by atoms with Gasteiger partial charge in [0.05, 0.1) is 6.10 Å². The Hall–Kier alpha value is -2.32. The molecule has 1 aliphatic heterocycles. The lowest BCUT2D eigenvalue weighted by molar-refractivity contribution is -0.242. The molecule has 122 valence electrons. The van der Waals surface area contributed by atoms with E-state index in [2.05, 4.69) is 10.0 Å². The van der Waals surface area contributed by atoms with Gasteiger partial charge in [-0.05, 0) is 12.5 Å². The van der Waals surface area contributed by atoms with Gasteiger partial charge >= 0.3 is 17.9 Å². The van der Waals surface area contributed by atoms with E-state index >= 15 is 0 Å². The Morgan fingerprint density at radius 3 is 1.86 bits per heavy atom. The number of esters is 3. The van der Waals surface area contributed by atoms with Crippen LogP contribution in [0.3, 0.4) is 0 Å².